The number of hydrogen-bond acceptors (Lipinski definition) is 10. The molecule has 2 unspecified atom stereocenters. The number of alkyl halides is 3. The Kier molecular flexibility index (Phi) is 23.4. The molecule has 0 spiro atoms. The van der Waals surface area contributed by atoms with E-state index in [1.165, 1.54) is 44.0 Å². The molecule has 3 aromatic carbocycles. The van der Waals surface area contributed by atoms with Crippen molar-refractivity contribution in [1.82, 2.24) is 9.44 Å². The highest BCUT2D eigenvalue weighted by molar-refractivity contribution is 7.88. The molecule has 12 nitrogen and oxygen atoms in total. The number of rotatable bonds is 14. The Balaban J connectivity index is 0.000000649. The average Bonchev–Trinajstić information content (AvgIpc) is 3.05. The third kappa shape index (κ3) is 20.3. The SMILES string of the molecule is CCc1ccc(OS(=O)(=O)C(F)(F)F)cc1.CCc1cccc(C(=O)c2ccccc2)c1.COCCNS(=O)[O-].COCCNS(=O)[O-]. The summed E-state index contributed by atoms with van der Waals surface area (Å²) in [5.74, 6) is -0.259. The monoisotopic (exact) mass is 740 g/mol. The van der Waals surface area contributed by atoms with Gasteiger partial charge in [0.1, 0.15) is 5.75 Å². The Labute approximate surface area is 284 Å². The van der Waals surface area contributed by atoms with Crippen LogP contribution in [0, 0.1) is 0 Å². The summed E-state index contributed by atoms with van der Waals surface area (Å²) < 4.78 is 113. The summed E-state index contributed by atoms with van der Waals surface area (Å²) in [6.07, 6.45) is 1.65. The number of carbonyl (C=O) groups excluding carboxylic acids is 1. The second kappa shape index (κ2) is 25.0. The number of carbonyl (C=O) groups is 1. The summed E-state index contributed by atoms with van der Waals surface area (Å²) in [4.78, 5) is 12.1. The quantitative estimate of drug-likeness (QED) is 0.0806. The molecule has 0 aromatic heterocycles. The molecule has 2 atom stereocenters. The van der Waals surface area contributed by atoms with Gasteiger partial charge in [-0.25, -0.2) is 9.44 Å². The van der Waals surface area contributed by atoms with Crippen molar-refractivity contribution in [2.24, 2.45) is 0 Å². The second-order valence-electron chi connectivity index (χ2n) is 8.97. The number of benzene rings is 3. The van der Waals surface area contributed by atoms with Crippen LogP contribution in [0.4, 0.5) is 13.2 Å². The highest BCUT2D eigenvalue weighted by Crippen LogP contribution is 2.27. The number of ketones is 1. The Hall–Kier alpha value is -3.07. The fourth-order valence-electron chi connectivity index (χ4n) is 3.10. The van der Waals surface area contributed by atoms with E-state index in [-0.39, 0.29) is 11.5 Å². The first kappa shape index (κ1) is 44.9. The van der Waals surface area contributed by atoms with Gasteiger partial charge in [0, 0.05) is 61.0 Å². The number of hydrogen-bond donors (Lipinski definition) is 2. The zero-order valence-corrected chi connectivity index (χ0v) is 29.1. The van der Waals surface area contributed by atoms with E-state index in [0.717, 1.165) is 23.1 Å². The second-order valence-corrected chi connectivity index (χ2v) is 12.0. The minimum Gasteiger partial charge on any atom is -0.760 e. The largest absolute Gasteiger partial charge is 0.760 e. The Morgan fingerprint density at radius 1 is 0.750 bits per heavy atom. The molecule has 3 aromatic rings. The molecule has 0 saturated carbocycles. The van der Waals surface area contributed by atoms with Gasteiger partial charge in [-0.3, -0.25) is 13.2 Å². The molecule has 0 fully saturated rings. The van der Waals surface area contributed by atoms with E-state index in [1.54, 1.807) is 0 Å². The lowest BCUT2D eigenvalue weighted by Gasteiger charge is -2.09. The fourth-order valence-corrected chi connectivity index (χ4v) is 4.06. The molecule has 48 heavy (non-hydrogen) atoms. The van der Waals surface area contributed by atoms with Crippen LogP contribution >= 0.6 is 0 Å². The van der Waals surface area contributed by atoms with Gasteiger partial charge in [0.15, 0.2) is 5.78 Å². The normalized spacial score (nSPS) is 12.1. The highest BCUT2D eigenvalue weighted by atomic mass is 32.2. The topological polar surface area (TPSA) is 183 Å². The highest BCUT2D eigenvalue weighted by Gasteiger charge is 2.48. The Morgan fingerprint density at radius 2 is 1.23 bits per heavy atom. The first-order chi connectivity index (χ1) is 22.6. The van der Waals surface area contributed by atoms with Crippen LogP contribution in [0.25, 0.3) is 0 Å². The zero-order chi connectivity index (χ0) is 36.6. The first-order valence-electron chi connectivity index (χ1n) is 14.0. The molecule has 0 amide bonds. The van der Waals surface area contributed by atoms with Gasteiger partial charge in [-0.05, 0) is 42.2 Å². The molecule has 0 heterocycles. The van der Waals surface area contributed by atoms with Gasteiger partial charge in [-0.1, -0.05) is 74.5 Å². The third-order valence-electron chi connectivity index (χ3n) is 5.51. The molecule has 0 aliphatic carbocycles. The van der Waals surface area contributed by atoms with Crippen LogP contribution in [0.5, 0.6) is 5.75 Å². The molecule has 0 bridgehead atoms. The van der Waals surface area contributed by atoms with Gasteiger partial charge in [-0.2, -0.15) is 21.6 Å². The fraction of sp³-hybridized carbons (Fsp3) is 0.367. The molecule has 18 heteroatoms. The number of methoxy groups -OCH3 is 2. The van der Waals surface area contributed by atoms with Crippen molar-refractivity contribution >= 4 is 38.4 Å². The van der Waals surface area contributed by atoms with Crippen LogP contribution in [0.2, 0.25) is 0 Å². The molecule has 0 saturated heterocycles. The molecule has 2 N–H and O–H groups in total. The van der Waals surface area contributed by atoms with Gasteiger partial charge in [0.05, 0.1) is 13.2 Å². The predicted molar refractivity (Wildman–Crippen MR) is 175 cm³/mol. The predicted octanol–water partition coefficient (Wildman–Crippen LogP) is 3.99. The van der Waals surface area contributed by atoms with E-state index in [0.29, 0.717) is 32.7 Å². The van der Waals surface area contributed by atoms with Gasteiger partial charge >= 0.3 is 15.6 Å². The smallest absolute Gasteiger partial charge is 0.534 e. The van der Waals surface area contributed by atoms with E-state index in [4.69, 9.17) is 0 Å². The van der Waals surface area contributed by atoms with Crippen molar-refractivity contribution < 1.29 is 57.6 Å². The number of halogens is 3. The van der Waals surface area contributed by atoms with Crippen molar-refractivity contribution in [3.05, 3.63) is 101 Å². The van der Waals surface area contributed by atoms with E-state index >= 15 is 0 Å². The van der Waals surface area contributed by atoms with Crippen LogP contribution in [0.1, 0.15) is 40.9 Å². The summed E-state index contributed by atoms with van der Waals surface area (Å²) in [6.45, 7) is 5.45. The van der Waals surface area contributed by atoms with Gasteiger partial charge < -0.3 is 22.8 Å². The molecule has 3 rings (SSSR count). The van der Waals surface area contributed by atoms with Gasteiger partial charge in [0.25, 0.3) is 0 Å². The summed E-state index contributed by atoms with van der Waals surface area (Å²) >= 11 is -4.29. The van der Waals surface area contributed by atoms with Crippen LogP contribution in [0.3, 0.4) is 0 Å². The van der Waals surface area contributed by atoms with E-state index in [1.807, 2.05) is 61.5 Å². The van der Waals surface area contributed by atoms with Gasteiger partial charge in [-0.15, -0.1) is 0 Å². The zero-order valence-electron chi connectivity index (χ0n) is 26.7. The maximum Gasteiger partial charge on any atom is 0.534 e. The van der Waals surface area contributed by atoms with Crippen molar-refractivity contribution in [3.63, 3.8) is 0 Å². The van der Waals surface area contributed by atoms with Crippen LogP contribution in [-0.4, -0.2) is 77.8 Å². The van der Waals surface area contributed by atoms with Crippen molar-refractivity contribution in [2.75, 3.05) is 40.5 Å². The minimum absolute atomic E-state index is 0.0934. The lowest BCUT2D eigenvalue weighted by atomic mass is 10.0. The van der Waals surface area contributed by atoms with Crippen LogP contribution in [-0.2, 0) is 55.0 Å². The molecule has 0 aliphatic heterocycles. The molecular weight excluding hydrogens is 702 g/mol. The maximum atomic E-state index is 12.1. The number of ether oxygens (including phenoxy) is 2. The van der Waals surface area contributed by atoms with Crippen molar-refractivity contribution in [1.29, 1.82) is 0 Å². The summed E-state index contributed by atoms with van der Waals surface area (Å²) in [6, 6.07) is 22.6. The first-order valence-corrected chi connectivity index (χ1v) is 17.6. The number of aryl methyl sites for hydroxylation is 2. The van der Waals surface area contributed by atoms with E-state index in [2.05, 4.69) is 30.0 Å². The summed E-state index contributed by atoms with van der Waals surface area (Å²) in [5, 5.41) is 0. The van der Waals surface area contributed by atoms with E-state index in [9.17, 15) is 43.9 Å². The molecule has 270 valence electrons. The molecule has 0 aliphatic rings. The molecular formula is C30H39F3N2O10S3-2. The summed E-state index contributed by atoms with van der Waals surface area (Å²) in [7, 11) is -2.55. The Bertz CT molecular complexity index is 1460. The van der Waals surface area contributed by atoms with Crippen molar-refractivity contribution in [2.45, 2.75) is 32.2 Å². The Morgan fingerprint density at radius 3 is 1.65 bits per heavy atom. The van der Waals surface area contributed by atoms with Gasteiger partial charge in [0.2, 0.25) is 0 Å². The standard InChI is InChI=1S/C15H14O.C9H9F3O3S.2C3H9NO3S/c1-2-12-7-6-10-14(11-12)15(16)13-8-4-3-5-9-13;1-2-7-3-5-8(6-4-7)15-16(13,14)9(10,11)12;2*1-7-3-2-4-8(5)6/h3-11H,2H2,1H3;3-6H,2H2,1H3;2*4H,2-3H2,1H3,(H,5,6)/p-2. The molecule has 0 radical (unpaired) electrons. The van der Waals surface area contributed by atoms with Crippen LogP contribution in [0.15, 0.2) is 78.9 Å². The summed E-state index contributed by atoms with van der Waals surface area (Å²) in [5.41, 5.74) is -1.82. The third-order valence-corrected chi connectivity index (χ3v) is 7.37. The maximum absolute atomic E-state index is 12.1. The minimum atomic E-state index is -5.57. The van der Waals surface area contributed by atoms with E-state index < -0.39 is 38.2 Å². The average molecular weight is 741 g/mol. The van der Waals surface area contributed by atoms with Crippen LogP contribution < -0.4 is 13.6 Å². The number of nitrogens with one attached hydrogen (secondary N) is 2. The lowest BCUT2D eigenvalue weighted by molar-refractivity contribution is -0.0500. The van der Waals surface area contributed by atoms with Crippen molar-refractivity contribution in [3.8, 4) is 5.75 Å². The lowest BCUT2D eigenvalue weighted by Crippen LogP contribution is -2.28.